The van der Waals surface area contributed by atoms with Gasteiger partial charge in [0.1, 0.15) is 0 Å². The van der Waals surface area contributed by atoms with Gasteiger partial charge in [-0.15, -0.1) is 0 Å². The molecule has 2 aliphatic rings. The standard InChI is InChI=1S/C25H30N4O3/c1-17(2)15-21(30)22-23(18-5-4-10-26-16-18)29(25(32)24(22)31)20-8-6-19(7-9-20)28-13-11-27(3)12-14-28/h4-10,16-17,23,31H,11-15H2,1-3H3. The molecular formula is C25H30N4O3. The number of amides is 1. The Morgan fingerprint density at radius 3 is 2.34 bits per heavy atom. The first-order valence-electron chi connectivity index (χ1n) is 11.1. The van der Waals surface area contributed by atoms with Crippen LogP contribution >= 0.6 is 0 Å². The zero-order chi connectivity index (χ0) is 22.8. The largest absolute Gasteiger partial charge is 0.503 e. The molecule has 1 saturated heterocycles. The molecule has 168 valence electrons. The average Bonchev–Trinajstić information content (AvgIpc) is 3.05. The molecule has 0 aliphatic carbocycles. The van der Waals surface area contributed by atoms with Crippen LogP contribution in [0.5, 0.6) is 0 Å². The van der Waals surface area contributed by atoms with E-state index in [2.05, 4.69) is 21.8 Å². The second-order valence-electron chi connectivity index (χ2n) is 8.95. The maximum atomic E-state index is 13.1. The average molecular weight is 435 g/mol. The minimum absolute atomic E-state index is 0.115. The Hall–Kier alpha value is -3.19. The van der Waals surface area contributed by atoms with Crippen molar-refractivity contribution in [1.29, 1.82) is 0 Å². The monoisotopic (exact) mass is 434 g/mol. The van der Waals surface area contributed by atoms with Crippen molar-refractivity contribution in [1.82, 2.24) is 9.88 Å². The number of anilines is 2. The summed E-state index contributed by atoms with van der Waals surface area (Å²) in [6, 6.07) is 10.7. The highest BCUT2D eigenvalue weighted by atomic mass is 16.3. The van der Waals surface area contributed by atoms with E-state index < -0.39 is 17.7 Å². The summed E-state index contributed by atoms with van der Waals surface area (Å²) in [5, 5.41) is 10.7. The van der Waals surface area contributed by atoms with Gasteiger partial charge in [0.05, 0.1) is 11.6 Å². The number of aliphatic hydroxyl groups excluding tert-OH is 1. The molecule has 4 rings (SSSR count). The number of pyridine rings is 1. The van der Waals surface area contributed by atoms with Crippen molar-refractivity contribution in [3.05, 3.63) is 65.7 Å². The number of hydrogen-bond acceptors (Lipinski definition) is 6. The number of benzene rings is 1. The molecule has 0 radical (unpaired) electrons. The van der Waals surface area contributed by atoms with E-state index in [0.29, 0.717) is 11.3 Å². The number of nitrogens with zero attached hydrogens (tertiary/aromatic N) is 4. The molecule has 1 amide bonds. The summed E-state index contributed by atoms with van der Waals surface area (Å²) in [5.41, 5.74) is 2.58. The molecule has 1 aromatic heterocycles. The molecular weight excluding hydrogens is 404 g/mol. The van der Waals surface area contributed by atoms with Crippen LogP contribution in [-0.2, 0) is 9.59 Å². The van der Waals surface area contributed by atoms with Gasteiger partial charge in [-0.05, 0) is 48.9 Å². The number of piperazine rings is 1. The van der Waals surface area contributed by atoms with Crippen molar-refractivity contribution >= 4 is 23.1 Å². The molecule has 1 fully saturated rings. The van der Waals surface area contributed by atoms with Gasteiger partial charge in [0.25, 0.3) is 5.91 Å². The van der Waals surface area contributed by atoms with E-state index in [4.69, 9.17) is 0 Å². The van der Waals surface area contributed by atoms with Gasteiger partial charge in [-0.3, -0.25) is 19.5 Å². The number of carbonyl (C=O) groups excluding carboxylic acids is 2. The second-order valence-corrected chi connectivity index (χ2v) is 8.95. The van der Waals surface area contributed by atoms with E-state index in [1.54, 1.807) is 18.5 Å². The van der Waals surface area contributed by atoms with E-state index in [-0.39, 0.29) is 23.7 Å². The molecule has 1 unspecified atom stereocenters. The van der Waals surface area contributed by atoms with Crippen LogP contribution in [0.1, 0.15) is 31.9 Å². The first kappa shape index (κ1) is 22.0. The van der Waals surface area contributed by atoms with Crippen molar-refractivity contribution in [3.63, 3.8) is 0 Å². The smallest absolute Gasteiger partial charge is 0.294 e. The van der Waals surface area contributed by atoms with Gasteiger partial charge < -0.3 is 14.9 Å². The predicted molar refractivity (Wildman–Crippen MR) is 125 cm³/mol. The molecule has 7 nitrogen and oxygen atoms in total. The van der Waals surface area contributed by atoms with Crippen molar-refractivity contribution in [2.24, 2.45) is 5.92 Å². The zero-order valence-electron chi connectivity index (χ0n) is 18.9. The minimum Gasteiger partial charge on any atom is -0.503 e. The molecule has 2 aliphatic heterocycles. The molecule has 0 saturated carbocycles. The van der Waals surface area contributed by atoms with Crippen LogP contribution in [0.4, 0.5) is 11.4 Å². The van der Waals surface area contributed by atoms with Crippen molar-refractivity contribution in [2.75, 3.05) is 43.0 Å². The Morgan fingerprint density at radius 1 is 1.09 bits per heavy atom. The maximum absolute atomic E-state index is 13.1. The fourth-order valence-electron chi connectivity index (χ4n) is 4.38. The molecule has 1 N–H and O–H groups in total. The van der Waals surface area contributed by atoms with E-state index in [0.717, 1.165) is 31.9 Å². The van der Waals surface area contributed by atoms with Gasteiger partial charge in [-0.1, -0.05) is 19.9 Å². The van der Waals surface area contributed by atoms with Crippen molar-refractivity contribution in [3.8, 4) is 0 Å². The first-order chi connectivity index (χ1) is 15.4. The molecule has 0 spiro atoms. The minimum atomic E-state index is -0.697. The third kappa shape index (κ3) is 4.25. The Kier molecular flexibility index (Phi) is 6.28. The lowest BCUT2D eigenvalue weighted by atomic mass is 9.93. The van der Waals surface area contributed by atoms with E-state index in [1.807, 2.05) is 44.2 Å². The van der Waals surface area contributed by atoms with Gasteiger partial charge in [0, 0.05) is 56.4 Å². The van der Waals surface area contributed by atoms with E-state index in [1.165, 1.54) is 4.90 Å². The van der Waals surface area contributed by atoms with E-state index in [9.17, 15) is 14.7 Å². The summed E-state index contributed by atoms with van der Waals surface area (Å²) in [7, 11) is 2.12. The van der Waals surface area contributed by atoms with Crippen LogP contribution in [0, 0.1) is 5.92 Å². The van der Waals surface area contributed by atoms with Gasteiger partial charge in [-0.25, -0.2) is 0 Å². The topological polar surface area (TPSA) is 77.0 Å². The fourth-order valence-corrected chi connectivity index (χ4v) is 4.38. The number of aliphatic hydroxyl groups is 1. The van der Waals surface area contributed by atoms with Crippen LogP contribution < -0.4 is 9.80 Å². The summed E-state index contributed by atoms with van der Waals surface area (Å²) >= 11 is 0. The Morgan fingerprint density at radius 2 is 1.75 bits per heavy atom. The molecule has 32 heavy (non-hydrogen) atoms. The summed E-state index contributed by atoms with van der Waals surface area (Å²) in [6.07, 6.45) is 3.55. The summed E-state index contributed by atoms with van der Waals surface area (Å²) < 4.78 is 0. The normalized spacial score (nSPS) is 19.9. The third-order valence-electron chi connectivity index (χ3n) is 6.10. The van der Waals surface area contributed by atoms with Gasteiger partial charge in [0.15, 0.2) is 11.5 Å². The molecule has 3 heterocycles. The maximum Gasteiger partial charge on any atom is 0.294 e. The highest BCUT2D eigenvalue weighted by Crippen LogP contribution is 2.41. The molecule has 0 bridgehead atoms. The quantitative estimate of drug-likeness (QED) is 0.751. The lowest BCUT2D eigenvalue weighted by Gasteiger charge is -2.34. The summed E-state index contributed by atoms with van der Waals surface area (Å²) in [6.45, 7) is 7.81. The summed E-state index contributed by atoms with van der Waals surface area (Å²) in [4.78, 5) is 36.5. The number of aromatic nitrogens is 1. The SMILES string of the molecule is CC(C)CC(=O)C1=C(O)C(=O)N(c2ccc(N3CCN(C)CC3)cc2)C1c1cccnc1. The second kappa shape index (κ2) is 9.12. The number of carbonyl (C=O) groups is 2. The third-order valence-corrected chi connectivity index (χ3v) is 6.10. The fraction of sp³-hybridized carbons (Fsp3) is 0.400. The molecule has 1 aromatic carbocycles. The number of ketones is 1. The number of Topliss-reactive ketones (excluding diaryl/α,β-unsaturated/α-hetero) is 1. The predicted octanol–water partition coefficient (Wildman–Crippen LogP) is 3.35. The van der Waals surface area contributed by atoms with Crippen LogP contribution in [0.15, 0.2) is 60.1 Å². The van der Waals surface area contributed by atoms with Crippen LogP contribution in [-0.4, -0.2) is 59.9 Å². The number of likely N-dealkylation sites (N-methyl/N-ethyl adjacent to an activating group) is 1. The molecule has 7 heteroatoms. The van der Waals surface area contributed by atoms with Gasteiger partial charge in [0.2, 0.25) is 0 Å². The van der Waals surface area contributed by atoms with Crippen LogP contribution in [0.25, 0.3) is 0 Å². The number of hydrogen-bond donors (Lipinski definition) is 1. The van der Waals surface area contributed by atoms with E-state index >= 15 is 0 Å². The zero-order valence-corrected chi connectivity index (χ0v) is 18.9. The lowest BCUT2D eigenvalue weighted by molar-refractivity contribution is -0.118. The molecule has 2 aromatic rings. The Balaban J connectivity index is 1.68. The van der Waals surface area contributed by atoms with Crippen LogP contribution in [0.2, 0.25) is 0 Å². The van der Waals surface area contributed by atoms with Gasteiger partial charge >= 0.3 is 0 Å². The highest BCUT2D eigenvalue weighted by molar-refractivity contribution is 6.16. The molecule has 1 atom stereocenters. The van der Waals surface area contributed by atoms with Crippen molar-refractivity contribution in [2.45, 2.75) is 26.3 Å². The van der Waals surface area contributed by atoms with Gasteiger partial charge in [-0.2, -0.15) is 0 Å². The first-order valence-corrected chi connectivity index (χ1v) is 11.1. The van der Waals surface area contributed by atoms with Crippen LogP contribution in [0.3, 0.4) is 0 Å². The Labute approximate surface area is 189 Å². The summed E-state index contributed by atoms with van der Waals surface area (Å²) in [5.74, 6) is -1.12. The Bertz CT molecular complexity index is 1010. The lowest BCUT2D eigenvalue weighted by Crippen LogP contribution is -2.44. The van der Waals surface area contributed by atoms with Crippen molar-refractivity contribution < 1.29 is 14.7 Å². The number of rotatable bonds is 6. The highest BCUT2D eigenvalue weighted by Gasteiger charge is 2.44.